The molecule has 0 aromatic heterocycles. The second-order valence-corrected chi connectivity index (χ2v) is 2.05. The molecular formula is C8H11O4. The van der Waals surface area contributed by atoms with Crippen molar-refractivity contribution >= 4 is 11.9 Å². The molecule has 12 heavy (non-hydrogen) atoms. The molecule has 0 aliphatic heterocycles. The van der Waals surface area contributed by atoms with Crippen molar-refractivity contribution in [3.63, 3.8) is 0 Å². The summed E-state index contributed by atoms with van der Waals surface area (Å²) >= 11 is 0. The van der Waals surface area contributed by atoms with Crippen molar-refractivity contribution in [2.45, 2.75) is 12.8 Å². The Morgan fingerprint density at radius 3 is 2.67 bits per heavy atom. The normalized spacial score (nSPS) is 9.00. The van der Waals surface area contributed by atoms with E-state index in [2.05, 4.69) is 11.3 Å². The van der Waals surface area contributed by atoms with Crippen molar-refractivity contribution in [2.75, 3.05) is 6.61 Å². The summed E-state index contributed by atoms with van der Waals surface area (Å²) in [5.74, 6) is -1.37. The summed E-state index contributed by atoms with van der Waals surface area (Å²) in [6.07, 6.45) is 3.05. The molecule has 4 heteroatoms. The highest BCUT2D eigenvalue weighted by Gasteiger charge is 1.98. The van der Waals surface area contributed by atoms with E-state index in [1.165, 1.54) is 0 Å². The lowest BCUT2D eigenvalue weighted by atomic mass is 10.2. The van der Waals surface area contributed by atoms with Crippen molar-refractivity contribution < 1.29 is 19.4 Å². The Bertz CT molecular complexity index is 174. The van der Waals surface area contributed by atoms with Gasteiger partial charge in [0.1, 0.15) is 0 Å². The van der Waals surface area contributed by atoms with Crippen LogP contribution in [0, 0.1) is 6.42 Å². The summed E-state index contributed by atoms with van der Waals surface area (Å²) in [7, 11) is 0. The Balaban J connectivity index is 3.16. The first-order valence-corrected chi connectivity index (χ1v) is 3.49. The Morgan fingerprint density at radius 1 is 1.50 bits per heavy atom. The highest BCUT2D eigenvalue weighted by molar-refractivity contribution is 5.81. The van der Waals surface area contributed by atoms with Crippen LogP contribution in [-0.2, 0) is 14.3 Å². The molecule has 0 unspecified atom stereocenters. The Hall–Kier alpha value is -1.32. The third kappa shape index (κ3) is 6.80. The molecule has 0 bridgehead atoms. The van der Waals surface area contributed by atoms with Crippen molar-refractivity contribution in [1.29, 1.82) is 0 Å². The first kappa shape index (κ1) is 10.7. The van der Waals surface area contributed by atoms with Crippen LogP contribution in [0.4, 0.5) is 0 Å². The zero-order chi connectivity index (χ0) is 9.40. The fourth-order valence-electron chi connectivity index (χ4n) is 0.527. The second-order valence-electron chi connectivity index (χ2n) is 2.05. The zero-order valence-electron chi connectivity index (χ0n) is 6.66. The fourth-order valence-corrected chi connectivity index (χ4v) is 0.527. The lowest BCUT2D eigenvalue weighted by Gasteiger charge is -1.99. The number of carbonyl (C=O) groups is 2. The van der Waals surface area contributed by atoms with Crippen LogP contribution in [0.3, 0.4) is 0 Å². The Labute approximate surface area is 70.8 Å². The minimum atomic E-state index is -0.884. The van der Waals surface area contributed by atoms with Gasteiger partial charge in [-0.15, -0.1) is 0 Å². The van der Waals surface area contributed by atoms with Crippen LogP contribution in [0.15, 0.2) is 12.7 Å². The number of aliphatic carboxylic acids is 1. The molecule has 0 aromatic carbocycles. The molecule has 0 aliphatic carbocycles. The van der Waals surface area contributed by atoms with E-state index in [0.29, 0.717) is 6.42 Å². The van der Waals surface area contributed by atoms with E-state index in [9.17, 15) is 9.59 Å². The molecule has 4 nitrogen and oxygen atoms in total. The van der Waals surface area contributed by atoms with E-state index >= 15 is 0 Å². The maximum Gasteiger partial charge on any atom is 0.330 e. The van der Waals surface area contributed by atoms with Gasteiger partial charge in [-0.3, -0.25) is 4.79 Å². The lowest BCUT2D eigenvalue weighted by molar-refractivity contribution is -0.137. The van der Waals surface area contributed by atoms with Crippen molar-refractivity contribution in [3.05, 3.63) is 19.1 Å². The van der Waals surface area contributed by atoms with Gasteiger partial charge in [0.15, 0.2) is 0 Å². The summed E-state index contributed by atoms with van der Waals surface area (Å²) in [5.41, 5.74) is 0. The van der Waals surface area contributed by atoms with E-state index in [0.717, 1.165) is 6.08 Å². The largest absolute Gasteiger partial charge is 0.481 e. The summed E-state index contributed by atoms with van der Waals surface area (Å²) < 4.78 is 4.59. The third-order valence-electron chi connectivity index (χ3n) is 1.05. The number of hydrogen-bond donors (Lipinski definition) is 1. The van der Waals surface area contributed by atoms with Gasteiger partial charge < -0.3 is 9.84 Å². The Kier molecular flexibility index (Phi) is 5.69. The van der Waals surface area contributed by atoms with Crippen LogP contribution >= 0.6 is 0 Å². The molecule has 0 aliphatic rings. The zero-order valence-corrected chi connectivity index (χ0v) is 6.66. The van der Waals surface area contributed by atoms with E-state index in [1.807, 2.05) is 0 Å². The van der Waals surface area contributed by atoms with Gasteiger partial charge in [0, 0.05) is 12.5 Å². The summed E-state index contributed by atoms with van der Waals surface area (Å²) in [6.45, 7) is 3.42. The highest BCUT2D eigenvalue weighted by atomic mass is 16.5. The van der Waals surface area contributed by atoms with Gasteiger partial charge in [-0.05, 0) is 12.8 Å². The average molecular weight is 171 g/mol. The number of ether oxygens (including phenoxy) is 1. The summed E-state index contributed by atoms with van der Waals surface area (Å²) in [5, 5.41) is 8.21. The first-order chi connectivity index (χ1) is 5.66. The SMILES string of the molecule is C=CC(=O)OCC[CH]CC(=O)O. The number of esters is 1. The molecule has 0 rings (SSSR count). The van der Waals surface area contributed by atoms with Crippen LogP contribution in [0.1, 0.15) is 12.8 Å². The molecule has 0 amide bonds. The van der Waals surface area contributed by atoms with Gasteiger partial charge in [-0.2, -0.15) is 0 Å². The van der Waals surface area contributed by atoms with Crippen LogP contribution < -0.4 is 0 Å². The minimum Gasteiger partial charge on any atom is -0.481 e. The van der Waals surface area contributed by atoms with Crippen molar-refractivity contribution in [3.8, 4) is 0 Å². The predicted octanol–water partition coefficient (Wildman–Crippen LogP) is 0.785. The van der Waals surface area contributed by atoms with Gasteiger partial charge in [0.05, 0.1) is 6.61 Å². The number of carbonyl (C=O) groups excluding carboxylic acids is 1. The van der Waals surface area contributed by atoms with Crippen LogP contribution in [-0.4, -0.2) is 23.7 Å². The van der Waals surface area contributed by atoms with Crippen LogP contribution in [0.25, 0.3) is 0 Å². The number of carboxylic acids is 1. The van der Waals surface area contributed by atoms with Gasteiger partial charge in [0.2, 0.25) is 0 Å². The minimum absolute atomic E-state index is 0.00829. The molecule has 0 saturated carbocycles. The van der Waals surface area contributed by atoms with Crippen molar-refractivity contribution in [1.82, 2.24) is 0 Å². The lowest BCUT2D eigenvalue weighted by Crippen LogP contribution is -2.03. The van der Waals surface area contributed by atoms with Gasteiger partial charge >= 0.3 is 11.9 Å². The smallest absolute Gasteiger partial charge is 0.330 e. The number of rotatable bonds is 6. The Morgan fingerprint density at radius 2 is 2.17 bits per heavy atom. The first-order valence-electron chi connectivity index (χ1n) is 3.49. The van der Waals surface area contributed by atoms with Gasteiger partial charge in [-0.1, -0.05) is 6.58 Å². The molecule has 0 fully saturated rings. The molecule has 67 valence electrons. The maximum absolute atomic E-state index is 10.4. The molecule has 0 heterocycles. The molecule has 0 aromatic rings. The average Bonchev–Trinajstić information content (AvgIpc) is 2.03. The maximum atomic E-state index is 10.4. The fraction of sp³-hybridized carbons (Fsp3) is 0.375. The van der Waals surface area contributed by atoms with E-state index < -0.39 is 11.9 Å². The quantitative estimate of drug-likeness (QED) is 0.364. The molecule has 0 saturated heterocycles. The van der Waals surface area contributed by atoms with E-state index in [4.69, 9.17) is 5.11 Å². The molecule has 0 spiro atoms. The molecular weight excluding hydrogens is 160 g/mol. The topological polar surface area (TPSA) is 63.6 Å². The van der Waals surface area contributed by atoms with Crippen molar-refractivity contribution in [2.24, 2.45) is 0 Å². The van der Waals surface area contributed by atoms with E-state index in [1.54, 1.807) is 6.42 Å². The highest BCUT2D eigenvalue weighted by Crippen LogP contribution is 1.94. The number of hydrogen-bond acceptors (Lipinski definition) is 3. The molecule has 1 radical (unpaired) electrons. The number of unbranched alkanes of at least 4 members (excludes halogenated alkanes) is 1. The molecule has 1 N–H and O–H groups in total. The second kappa shape index (κ2) is 6.39. The van der Waals surface area contributed by atoms with E-state index in [-0.39, 0.29) is 13.0 Å². The molecule has 0 atom stereocenters. The van der Waals surface area contributed by atoms with Gasteiger partial charge in [0.25, 0.3) is 0 Å². The predicted molar refractivity (Wildman–Crippen MR) is 42.3 cm³/mol. The standard InChI is InChI=1S/C8H11O4/c1-2-8(11)12-6-4-3-5-7(9)10/h2-3H,1,4-6H2,(H,9,10). The third-order valence-corrected chi connectivity index (χ3v) is 1.05. The van der Waals surface area contributed by atoms with Gasteiger partial charge in [-0.25, -0.2) is 4.79 Å². The summed E-state index contributed by atoms with van der Waals surface area (Å²) in [6, 6.07) is 0. The number of carboxylic acid groups (broad SMARTS) is 1. The van der Waals surface area contributed by atoms with Crippen LogP contribution in [0.5, 0.6) is 0 Å². The monoisotopic (exact) mass is 171 g/mol. The summed E-state index contributed by atoms with van der Waals surface area (Å²) in [4.78, 5) is 20.4. The van der Waals surface area contributed by atoms with Crippen LogP contribution in [0.2, 0.25) is 0 Å².